The fourth-order valence-electron chi connectivity index (χ4n) is 4.64. The summed E-state index contributed by atoms with van der Waals surface area (Å²) in [7, 11) is 0. The highest BCUT2D eigenvalue weighted by Crippen LogP contribution is 2.37. The molecule has 2 aliphatic heterocycles. The largest absolute Gasteiger partial charge is 0.338 e. The van der Waals surface area contributed by atoms with E-state index in [1.165, 1.54) is 19.3 Å². The number of carbonyl (C=O) groups is 2. The minimum atomic E-state index is -0.320. The van der Waals surface area contributed by atoms with E-state index >= 15 is 0 Å². The second-order valence-corrected chi connectivity index (χ2v) is 8.04. The second-order valence-electron chi connectivity index (χ2n) is 7.60. The summed E-state index contributed by atoms with van der Waals surface area (Å²) in [6.07, 6.45) is 6.17. The zero-order valence-electron chi connectivity index (χ0n) is 14.5. The fraction of sp³-hybridized carbons (Fsp3) is 0.600. The lowest BCUT2D eigenvalue weighted by Gasteiger charge is -2.39. The Bertz CT molecular complexity index is 684. The van der Waals surface area contributed by atoms with E-state index in [-0.39, 0.29) is 17.6 Å². The average Bonchev–Trinajstić information content (AvgIpc) is 3.23. The van der Waals surface area contributed by atoms with Crippen LogP contribution in [0.25, 0.3) is 0 Å². The monoisotopic (exact) mass is 360 g/mol. The highest BCUT2D eigenvalue weighted by molar-refractivity contribution is 6.31. The topological polar surface area (TPSA) is 40.6 Å². The molecule has 4 nitrogen and oxygen atoms in total. The van der Waals surface area contributed by atoms with E-state index in [1.54, 1.807) is 12.1 Å². The molecule has 2 atom stereocenters. The molecule has 4 rings (SSSR count). The summed E-state index contributed by atoms with van der Waals surface area (Å²) in [5.74, 6) is -0.138. The quantitative estimate of drug-likeness (QED) is 0.828. The normalized spacial score (nSPS) is 26.9. The smallest absolute Gasteiger partial charge is 0.230 e. The Labute approximate surface area is 154 Å². The molecular weight excluding hydrogens is 336 g/mol. The lowest BCUT2D eigenvalue weighted by Crippen LogP contribution is -2.50. The summed E-state index contributed by atoms with van der Waals surface area (Å²) in [5.41, 5.74) is 1.50. The number of piperidine rings is 1. The van der Waals surface area contributed by atoms with Crippen LogP contribution in [0.3, 0.4) is 0 Å². The molecule has 2 heterocycles. The van der Waals surface area contributed by atoms with Gasteiger partial charge in [0.1, 0.15) is 0 Å². The van der Waals surface area contributed by atoms with Crippen molar-refractivity contribution in [2.75, 3.05) is 26.2 Å². The molecular formula is C20H25ClN2O2. The van der Waals surface area contributed by atoms with Gasteiger partial charge in [-0.05, 0) is 62.9 Å². The van der Waals surface area contributed by atoms with Gasteiger partial charge in [-0.25, -0.2) is 0 Å². The third kappa shape index (κ3) is 3.34. The van der Waals surface area contributed by atoms with Crippen molar-refractivity contribution < 1.29 is 9.59 Å². The van der Waals surface area contributed by atoms with Crippen LogP contribution in [0.15, 0.2) is 18.2 Å². The number of likely N-dealkylation sites (tertiary alicyclic amines) is 2. The van der Waals surface area contributed by atoms with Crippen LogP contribution >= 0.6 is 11.6 Å². The van der Waals surface area contributed by atoms with Crippen molar-refractivity contribution in [2.45, 2.75) is 50.5 Å². The van der Waals surface area contributed by atoms with Crippen molar-refractivity contribution in [3.63, 3.8) is 0 Å². The zero-order valence-corrected chi connectivity index (χ0v) is 15.3. The lowest BCUT2D eigenvalue weighted by molar-refractivity contribution is -0.136. The minimum Gasteiger partial charge on any atom is -0.338 e. The van der Waals surface area contributed by atoms with Crippen molar-refractivity contribution in [2.24, 2.45) is 0 Å². The van der Waals surface area contributed by atoms with Gasteiger partial charge >= 0.3 is 0 Å². The Morgan fingerprint density at radius 1 is 1.12 bits per heavy atom. The van der Waals surface area contributed by atoms with Crippen LogP contribution in [0.4, 0.5) is 0 Å². The van der Waals surface area contributed by atoms with Crippen LogP contribution in [0.2, 0.25) is 5.02 Å². The molecule has 5 heteroatoms. The van der Waals surface area contributed by atoms with E-state index in [0.717, 1.165) is 44.6 Å². The molecule has 0 spiro atoms. The highest BCUT2D eigenvalue weighted by atomic mass is 35.5. The van der Waals surface area contributed by atoms with Crippen LogP contribution in [-0.4, -0.2) is 53.7 Å². The number of carbonyl (C=O) groups excluding carboxylic acids is 2. The van der Waals surface area contributed by atoms with Crippen LogP contribution in [-0.2, 0) is 4.79 Å². The number of nitrogens with zero attached hydrogens (tertiary/aromatic N) is 2. The van der Waals surface area contributed by atoms with Crippen LogP contribution < -0.4 is 0 Å². The molecule has 0 aromatic heterocycles. The van der Waals surface area contributed by atoms with E-state index in [4.69, 9.17) is 11.6 Å². The van der Waals surface area contributed by atoms with Gasteiger partial charge in [0.25, 0.3) is 0 Å². The van der Waals surface area contributed by atoms with Gasteiger partial charge in [0.2, 0.25) is 5.91 Å². The first-order valence-electron chi connectivity index (χ1n) is 9.49. The van der Waals surface area contributed by atoms with E-state index in [9.17, 15) is 9.59 Å². The molecule has 134 valence electrons. The van der Waals surface area contributed by atoms with Crippen molar-refractivity contribution in [3.8, 4) is 0 Å². The number of fused-ring (bicyclic) bond motifs is 1. The van der Waals surface area contributed by atoms with Gasteiger partial charge in [-0.2, -0.15) is 0 Å². The molecule has 1 amide bonds. The van der Waals surface area contributed by atoms with E-state index in [2.05, 4.69) is 9.80 Å². The molecule has 1 aromatic rings. The number of hydrogen-bond acceptors (Lipinski definition) is 3. The van der Waals surface area contributed by atoms with Gasteiger partial charge < -0.3 is 9.80 Å². The molecule has 3 aliphatic rings. The average molecular weight is 361 g/mol. The van der Waals surface area contributed by atoms with Crippen molar-refractivity contribution >= 4 is 23.3 Å². The Morgan fingerprint density at radius 2 is 1.88 bits per heavy atom. The second kappa shape index (κ2) is 7.08. The summed E-state index contributed by atoms with van der Waals surface area (Å²) in [6.45, 7) is 4.12. The minimum absolute atomic E-state index is 0.0453. The number of rotatable bonds is 3. The van der Waals surface area contributed by atoms with Crippen LogP contribution in [0.1, 0.15) is 60.4 Å². The summed E-state index contributed by atoms with van der Waals surface area (Å²) < 4.78 is 0. The summed E-state index contributed by atoms with van der Waals surface area (Å²) in [6, 6.07) is 5.66. The molecule has 0 bridgehead atoms. The predicted octanol–water partition coefficient (Wildman–Crippen LogP) is 3.49. The van der Waals surface area contributed by atoms with Gasteiger partial charge in [0.15, 0.2) is 5.78 Å². The number of hydrogen-bond donors (Lipinski definition) is 0. The fourth-order valence-corrected chi connectivity index (χ4v) is 4.82. The number of halogens is 1. The summed E-state index contributed by atoms with van der Waals surface area (Å²) in [4.78, 5) is 30.2. The first-order valence-corrected chi connectivity index (χ1v) is 9.87. The van der Waals surface area contributed by atoms with Gasteiger partial charge in [-0.3, -0.25) is 9.59 Å². The van der Waals surface area contributed by atoms with Crippen LogP contribution in [0, 0.1) is 0 Å². The van der Waals surface area contributed by atoms with Gasteiger partial charge in [0.05, 0.1) is 5.92 Å². The third-order valence-corrected chi connectivity index (χ3v) is 6.19. The summed E-state index contributed by atoms with van der Waals surface area (Å²) in [5, 5.41) is 0.560. The van der Waals surface area contributed by atoms with E-state index in [0.29, 0.717) is 23.0 Å². The Hall–Kier alpha value is -1.39. The maximum atomic E-state index is 13.3. The van der Waals surface area contributed by atoms with Crippen molar-refractivity contribution in [1.29, 1.82) is 0 Å². The first-order chi connectivity index (χ1) is 12.1. The molecule has 1 aromatic carbocycles. The Kier molecular flexibility index (Phi) is 4.83. The molecule has 2 saturated heterocycles. The standard InChI is InChI=1S/C20H25ClN2O2/c21-14-6-7-16-17(11-14)19(24)12-18(16)20(25)23-10-2-1-5-15(23)13-22-8-3-4-9-22/h6-7,11,15,18H,1-5,8-10,12-13H2. The lowest BCUT2D eigenvalue weighted by atomic mass is 9.95. The van der Waals surface area contributed by atoms with Crippen molar-refractivity contribution in [1.82, 2.24) is 9.80 Å². The molecule has 0 saturated carbocycles. The number of amides is 1. The highest BCUT2D eigenvalue weighted by Gasteiger charge is 2.39. The molecule has 0 N–H and O–H groups in total. The Balaban J connectivity index is 1.54. The number of ketones is 1. The summed E-state index contributed by atoms with van der Waals surface area (Å²) >= 11 is 6.03. The molecule has 0 radical (unpaired) electrons. The maximum Gasteiger partial charge on any atom is 0.230 e. The number of Topliss-reactive ketones (excluding diaryl/α,β-unsaturated/α-hetero) is 1. The van der Waals surface area contributed by atoms with E-state index < -0.39 is 0 Å². The number of benzene rings is 1. The zero-order chi connectivity index (χ0) is 17.4. The molecule has 25 heavy (non-hydrogen) atoms. The molecule has 2 unspecified atom stereocenters. The third-order valence-electron chi connectivity index (χ3n) is 5.96. The Morgan fingerprint density at radius 3 is 2.68 bits per heavy atom. The van der Waals surface area contributed by atoms with Crippen LogP contribution in [0.5, 0.6) is 0 Å². The molecule has 2 fully saturated rings. The van der Waals surface area contributed by atoms with Gasteiger partial charge in [-0.1, -0.05) is 17.7 Å². The SMILES string of the molecule is O=C1CC(C(=O)N2CCCCC2CN2CCCC2)c2ccc(Cl)cc21. The van der Waals surface area contributed by atoms with E-state index in [1.807, 2.05) is 6.07 Å². The van der Waals surface area contributed by atoms with Crippen molar-refractivity contribution in [3.05, 3.63) is 34.3 Å². The van der Waals surface area contributed by atoms with Gasteiger partial charge in [-0.15, -0.1) is 0 Å². The first kappa shape index (κ1) is 17.0. The molecule has 1 aliphatic carbocycles. The van der Waals surface area contributed by atoms with Gasteiger partial charge in [0, 0.05) is 36.1 Å². The predicted molar refractivity (Wildman–Crippen MR) is 98.2 cm³/mol. The maximum absolute atomic E-state index is 13.3.